The fourth-order valence-corrected chi connectivity index (χ4v) is 4.41. The zero-order valence-corrected chi connectivity index (χ0v) is 18.1. The van der Waals surface area contributed by atoms with Gasteiger partial charge >= 0.3 is 12.2 Å². The Morgan fingerprint density at radius 2 is 1.94 bits per heavy atom. The van der Waals surface area contributed by atoms with E-state index in [2.05, 4.69) is 4.85 Å². The SMILES string of the molecule is [C-]#[N+]C1=C(C)N(c2cccc(C(F)(F)F)c2)C(=O)N(C)[C@@H]1c1ccc(C#N)cc1[S@+](C)[O-]. The number of carbonyl (C=O) groups excluding carboxylic acids is 1. The number of rotatable bonds is 3. The number of nitrogens with zero attached hydrogens (tertiary/aromatic N) is 4. The number of alkyl halides is 3. The summed E-state index contributed by atoms with van der Waals surface area (Å²) in [6.45, 7) is 9.19. The average Bonchev–Trinajstić information content (AvgIpc) is 2.75. The number of amides is 2. The molecule has 2 atom stereocenters. The van der Waals surface area contributed by atoms with Crippen LogP contribution in [0.3, 0.4) is 0 Å². The maximum Gasteiger partial charge on any atom is 0.416 e. The van der Waals surface area contributed by atoms with Crippen molar-refractivity contribution >= 4 is 22.9 Å². The number of anilines is 1. The quantitative estimate of drug-likeness (QED) is 0.476. The number of halogens is 3. The zero-order valence-electron chi connectivity index (χ0n) is 17.3. The average molecular weight is 458 g/mol. The van der Waals surface area contributed by atoms with Gasteiger partial charge in [0.25, 0.3) is 0 Å². The Balaban J connectivity index is 2.20. The van der Waals surface area contributed by atoms with Crippen LogP contribution in [-0.2, 0) is 17.4 Å². The fraction of sp³-hybridized carbons (Fsp3) is 0.227. The van der Waals surface area contributed by atoms with Crippen LogP contribution in [0.4, 0.5) is 23.7 Å². The summed E-state index contributed by atoms with van der Waals surface area (Å²) < 4.78 is 51.9. The molecule has 0 aromatic heterocycles. The standard InChI is InChI=1S/C22H17F3N4O2S/c1-13-19(27-2)20(17-9-8-14(12-26)10-18(17)32(4)31)28(3)21(30)29(13)16-7-5-6-15(11-16)22(23,24)25/h5-11,20H,1,3-4H3/t20-,32+/m1/s1. The van der Waals surface area contributed by atoms with Gasteiger partial charge in [-0.05, 0) is 42.4 Å². The monoisotopic (exact) mass is 458 g/mol. The molecule has 2 amide bonds. The number of likely N-dealkylation sites (N-methyl/N-ethyl adjacent to an activating group) is 1. The van der Waals surface area contributed by atoms with E-state index in [-0.39, 0.29) is 22.6 Å². The first-order valence-corrected chi connectivity index (χ1v) is 10.8. The first kappa shape index (κ1) is 23.2. The van der Waals surface area contributed by atoms with Gasteiger partial charge in [-0.15, -0.1) is 0 Å². The molecule has 6 nitrogen and oxygen atoms in total. The Kier molecular flexibility index (Phi) is 6.22. The van der Waals surface area contributed by atoms with Crippen molar-refractivity contribution in [3.05, 3.63) is 82.0 Å². The molecule has 1 aliphatic heterocycles. The van der Waals surface area contributed by atoms with Crippen molar-refractivity contribution in [1.29, 1.82) is 5.26 Å². The van der Waals surface area contributed by atoms with Gasteiger partial charge in [-0.2, -0.15) is 18.4 Å². The van der Waals surface area contributed by atoms with Gasteiger partial charge in [0.1, 0.15) is 6.26 Å². The number of hydrogen-bond acceptors (Lipinski definition) is 3. The van der Waals surface area contributed by atoms with E-state index in [9.17, 15) is 22.5 Å². The summed E-state index contributed by atoms with van der Waals surface area (Å²) in [7, 11) is 1.42. The van der Waals surface area contributed by atoms with Gasteiger partial charge in [0.2, 0.25) is 5.70 Å². The van der Waals surface area contributed by atoms with Crippen molar-refractivity contribution < 1.29 is 22.5 Å². The number of nitriles is 1. The molecule has 0 bridgehead atoms. The second-order valence-electron chi connectivity index (χ2n) is 7.08. The molecular formula is C22H17F3N4O2S. The van der Waals surface area contributed by atoms with E-state index in [1.54, 1.807) is 6.07 Å². The Hall–Kier alpha value is -3.47. The molecule has 0 radical (unpaired) electrons. The molecule has 1 aliphatic rings. The van der Waals surface area contributed by atoms with Crippen LogP contribution >= 0.6 is 0 Å². The molecule has 0 fully saturated rings. The Morgan fingerprint density at radius 1 is 1.25 bits per heavy atom. The van der Waals surface area contributed by atoms with Crippen LogP contribution in [0.2, 0.25) is 0 Å². The highest BCUT2D eigenvalue weighted by Gasteiger charge is 2.41. The normalized spacial score (nSPS) is 17.8. The van der Waals surface area contributed by atoms with Crippen LogP contribution < -0.4 is 4.90 Å². The molecule has 0 saturated heterocycles. The van der Waals surface area contributed by atoms with Crippen molar-refractivity contribution in [3.63, 3.8) is 0 Å². The van der Waals surface area contributed by atoms with Crippen LogP contribution in [0.1, 0.15) is 29.7 Å². The van der Waals surface area contributed by atoms with Crippen molar-refractivity contribution in [2.75, 3.05) is 18.2 Å². The summed E-state index contributed by atoms with van der Waals surface area (Å²) in [5.41, 5.74) is 0.0213. The maximum absolute atomic E-state index is 13.3. The highest BCUT2D eigenvalue weighted by atomic mass is 32.2. The second-order valence-corrected chi connectivity index (χ2v) is 8.43. The molecule has 0 saturated carbocycles. The molecule has 0 N–H and O–H groups in total. The lowest BCUT2D eigenvalue weighted by atomic mass is 9.97. The molecule has 1 heterocycles. The Labute approximate surface area is 186 Å². The van der Waals surface area contributed by atoms with Crippen molar-refractivity contribution in [2.45, 2.75) is 24.0 Å². The molecule has 0 unspecified atom stereocenters. The number of hydrogen-bond donors (Lipinski definition) is 0. The molecule has 2 aromatic rings. The van der Waals surface area contributed by atoms with Gasteiger partial charge in [0, 0.05) is 30.1 Å². The fourth-order valence-electron chi connectivity index (χ4n) is 3.61. The Morgan fingerprint density at radius 3 is 2.50 bits per heavy atom. The lowest BCUT2D eigenvalue weighted by molar-refractivity contribution is -0.137. The van der Waals surface area contributed by atoms with Gasteiger partial charge in [0.15, 0.2) is 4.90 Å². The van der Waals surface area contributed by atoms with Gasteiger partial charge < -0.3 is 9.45 Å². The zero-order chi connectivity index (χ0) is 23.8. The highest BCUT2D eigenvalue weighted by Crippen LogP contribution is 2.42. The van der Waals surface area contributed by atoms with E-state index < -0.39 is 35.0 Å². The lowest BCUT2D eigenvalue weighted by Crippen LogP contribution is -2.47. The second kappa shape index (κ2) is 8.58. The lowest BCUT2D eigenvalue weighted by Gasteiger charge is -2.40. The van der Waals surface area contributed by atoms with Crippen LogP contribution in [0.5, 0.6) is 0 Å². The van der Waals surface area contributed by atoms with Crippen LogP contribution in [-0.4, -0.2) is 28.8 Å². The summed E-state index contributed by atoms with van der Waals surface area (Å²) in [4.78, 5) is 19.4. The molecule has 164 valence electrons. The van der Waals surface area contributed by atoms with Gasteiger partial charge in [-0.1, -0.05) is 12.1 Å². The summed E-state index contributed by atoms with van der Waals surface area (Å²) >= 11 is -1.52. The first-order valence-electron chi connectivity index (χ1n) is 9.21. The van der Waals surface area contributed by atoms with Gasteiger partial charge in [-0.3, -0.25) is 4.90 Å². The summed E-state index contributed by atoms with van der Waals surface area (Å²) in [6, 6.07) is 9.21. The molecule has 0 spiro atoms. The number of benzene rings is 2. The van der Waals surface area contributed by atoms with E-state index in [1.165, 1.54) is 49.4 Å². The first-order chi connectivity index (χ1) is 15.0. The highest BCUT2D eigenvalue weighted by molar-refractivity contribution is 7.90. The molecule has 32 heavy (non-hydrogen) atoms. The van der Waals surface area contributed by atoms with Crippen molar-refractivity contribution in [2.24, 2.45) is 0 Å². The van der Waals surface area contributed by atoms with Gasteiger partial charge in [-0.25, -0.2) is 9.64 Å². The van der Waals surface area contributed by atoms with Gasteiger partial charge in [0.05, 0.1) is 29.8 Å². The summed E-state index contributed by atoms with van der Waals surface area (Å²) in [6.07, 6.45) is -3.17. The number of carbonyl (C=O) groups is 1. The van der Waals surface area contributed by atoms with Crippen molar-refractivity contribution in [3.8, 4) is 6.07 Å². The minimum absolute atomic E-state index is 0.0205. The van der Waals surface area contributed by atoms with Crippen LogP contribution in [0.15, 0.2) is 58.8 Å². The van der Waals surface area contributed by atoms with Crippen LogP contribution in [0.25, 0.3) is 4.85 Å². The smallest absolute Gasteiger partial charge is 0.416 e. The number of allylic oxidation sites excluding steroid dienone is 1. The Bertz CT molecular complexity index is 1190. The van der Waals surface area contributed by atoms with Crippen LogP contribution in [0, 0.1) is 17.9 Å². The third-order valence-corrected chi connectivity index (χ3v) is 6.12. The molecular weight excluding hydrogens is 441 g/mol. The molecule has 0 aliphatic carbocycles. The predicted molar refractivity (Wildman–Crippen MR) is 113 cm³/mol. The van der Waals surface area contributed by atoms with E-state index >= 15 is 0 Å². The predicted octanol–water partition coefficient (Wildman–Crippen LogP) is 5.08. The largest absolute Gasteiger partial charge is 0.612 e. The third-order valence-electron chi connectivity index (χ3n) is 5.14. The van der Waals surface area contributed by atoms with E-state index in [0.29, 0.717) is 10.5 Å². The minimum Gasteiger partial charge on any atom is -0.612 e. The third kappa shape index (κ3) is 4.03. The van der Waals surface area contributed by atoms with E-state index in [4.69, 9.17) is 11.8 Å². The topological polar surface area (TPSA) is 74.8 Å². The molecule has 3 rings (SSSR count). The summed E-state index contributed by atoms with van der Waals surface area (Å²) in [5.74, 6) is 0. The van der Waals surface area contributed by atoms with E-state index in [0.717, 1.165) is 17.0 Å². The number of urea groups is 1. The minimum atomic E-state index is -4.59. The van der Waals surface area contributed by atoms with Crippen molar-refractivity contribution in [1.82, 2.24) is 4.90 Å². The maximum atomic E-state index is 13.3. The summed E-state index contributed by atoms with van der Waals surface area (Å²) in [5, 5.41) is 9.16. The molecule has 2 aromatic carbocycles. The van der Waals surface area contributed by atoms with E-state index in [1.807, 2.05) is 6.07 Å². The molecule has 10 heteroatoms.